The average Bonchev–Trinajstić information content (AvgIpc) is 3.89. The standard InChI is InChI=1S/C25H38Si2.C21H25.C5H5.2ClH.Hf/c1-7-26(8-2,9-3)24-17-13-22(14-18-24)21-23-15-19-25(20-16-23)27(10-4,11-5)12-6;1-20(2,3)15-11-10-14-12-18-16(17(14)13-15)8-7-9-19(18)21(4,5)6;1-2-4-5-3-1;;;/h13-20H,7-12H2,1-6H3;7-13H,1-6H3;1-3H,4H2;2*1H;/q;2*-1;;;+2/p-2. The maximum absolute atomic E-state index is 2.99. The summed E-state index contributed by atoms with van der Waals surface area (Å²) in [4.78, 5) is 0. The van der Waals surface area contributed by atoms with Crippen molar-refractivity contribution in [2.45, 2.75) is 137 Å². The molecule has 0 saturated carbocycles. The van der Waals surface area contributed by atoms with Gasteiger partial charge in [-0.25, -0.2) is 12.2 Å². The summed E-state index contributed by atoms with van der Waals surface area (Å²) < 4.78 is 1.53. The monoisotopic (exact) mass is 986 g/mol. The number of allylic oxidation sites excluding steroid dienone is 4. The predicted molar refractivity (Wildman–Crippen MR) is 246 cm³/mol. The third-order valence-corrected chi connectivity index (χ3v) is 26.0. The van der Waals surface area contributed by atoms with Crippen LogP contribution in [0.4, 0.5) is 0 Å². The van der Waals surface area contributed by atoms with Crippen LogP contribution in [0.3, 0.4) is 0 Å². The van der Waals surface area contributed by atoms with Crippen LogP contribution in [-0.2, 0) is 34.7 Å². The number of fused-ring (bicyclic) bond motifs is 3. The normalized spacial score (nSPS) is 12.7. The molecule has 0 radical (unpaired) electrons. The van der Waals surface area contributed by atoms with E-state index >= 15 is 0 Å². The van der Waals surface area contributed by atoms with Crippen LogP contribution in [0.1, 0.15) is 112 Å². The molecule has 1 aliphatic carbocycles. The van der Waals surface area contributed by atoms with Crippen molar-refractivity contribution in [2.24, 2.45) is 0 Å². The van der Waals surface area contributed by atoms with Crippen molar-refractivity contribution in [1.82, 2.24) is 0 Å². The zero-order valence-electron chi connectivity index (χ0n) is 36.6. The van der Waals surface area contributed by atoms with Crippen molar-refractivity contribution >= 4 is 51.3 Å². The van der Waals surface area contributed by atoms with Crippen LogP contribution in [-0.4, -0.2) is 19.4 Å². The van der Waals surface area contributed by atoms with E-state index in [-0.39, 0.29) is 35.6 Å². The average molecular weight is 987 g/mol. The summed E-state index contributed by atoms with van der Waals surface area (Å²) in [6, 6.07) is 43.6. The minimum Gasteiger partial charge on any atom is -1.00 e. The Labute approximate surface area is 371 Å². The van der Waals surface area contributed by atoms with Crippen molar-refractivity contribution in [2.75, 3.05) is 0 Å². The van der Waals surface area contributed by atoms with Gasteiger partial charge in [0, 0.05) is 0 Å². The molecular formula is C51H68Cl2HfSi2-2. The van der Waals surface area contributed by atoms with Crippen molar-refractivity contribution in [3.05, 3.63) is 138 Å². The minimum atomic E-state index is -1.27. The van der Waals surface area contributed by atoms with E-state index < -0.39 is 16.1 Å². The Morgan fingerprint density at radius 1 is 0.625 bits per heavy atom. The molecule has 0 unspecified atom stereocenters. The maximum atomic E-state index is 2.99. The molecule has 5 heteroatoms. The first-order valence-electron chi connectivity index (χ1n) is 20.8. The Kier molecular flexibility index (Phi) is 19.5. The summed E-state index contributed by atoms with van der Waals surface area (Å²) in [7, 11) is -2.53. The van der Waals surface area contributed by atoms with Gasteiger partial charge in [-0.2, -0.15) is 6.08 Å². The van der Waals surface area contributed by atoms with Gasteiger partial charge in [-0.15, -0.1) is 40.1 Å². The summed E-state index contributed by atoms with van der Waals surface area (Å²) in [5.74, 6) is 0. The van der Waals surface area contributed by atoms with Gasteiger partial charge < -0.3 is 24.8 Å². The topological polar surface area (TPSA) is 0 Å². The Bertz CT molecular complexity index is 1940. The number of halogens is 2. The molecule has 0 N–H and O–H groups in total. The third kappa shape index (κ3) is 11.6. The molecule has 0 spiro atoms. The first-order chi connectivity index (χ1) is 25.6. The van der Waals surface area contributed by atoms with Crippen molar-refractivity contribution in [3.63, 3.8) is 0 Å². The molecule has 5 aromatic rings. The van der Waals surface area contributed by atoms with E-state index in [1.165, 1.54) is 83.3 Å². The smallest absolute Gasteiger partial charge is 0.109 e. The van der Waals surface area contributed by atoms with Crippen LogP contribution >= 0.6 is 0 Å². The van der Waals surface area contributed by atoms with Gasteiger partial charge in [-0.1, -0.05) is 83.0 Å². The quantitative estimate of drug-likeness (QED) is 0.0990. The molecule has 0 bridgehead atoms. The van der Waals surface area contributed by atoms with E-state index in [1.54, 1.807) is 10.4 Å². The number of benzene rings is 4. The molecule has 1 aliphatic rings. The second-order valence-corrected chi connectivity index (χ2v) is 29.7. The van der Waals surface area contributed by atoms with Crippen LogP contribution < -0.4 is 35.2 Å². The van der Waals surface area contributed by atoms with Crippen LogP contribution in [0.25, 0.3) is 21.5 Å². The molecule has 6 rings (SSSR count). The van der Waals surface area contributed by atoms with Gasteiger partial charge in [-0.05, 0) is 10.8 Å². The third-order valence-electron chi connectivity index (χ3n) is 12.6. The molecule has 0 saturated heterocycles. The number of hydrogen-bond acceptors (Lipinski definition) is 0. The van der Waals surface area contributed by atoms with E-state index in [9.17, 15) is 0 Å². The van der Waals surface area contributed by atoms with Crippen LogP contribution in [0.5, 0.6) is 0 Å². The van der Waals surface area contributed by atoms with Gasteiger partial charge in [0.05, 0.1) is 0 Å². The molecule has 0 amide bonds. The van der Waals surface area contributed by atoms with E-state index in [0.29, 0.717) is 0 Å². The van der Waals surface area contributed by atoms with Gasteiger partial charge in [0.2, 0.25) is 0 Å². The molecule has 0 heterocycles. The molecule has 0 nitrogen and oxygen atoms in total. The number of hydrogen-bond donors (Lipinski definition) is 0. The predicted octanol–water partition coefficient (Wildman–Crippen LogP) is 7.85. The molecule has 0 aliphatic heterocycles. The number of rotatable bonds is 10. The van der Waals surface area contributed by atoms with Gasteiger partial charge in [0.25, 0.3) is 0 Å². The Morgan fingerprint density at radius 3 is 1.46 bits per heavy atom. The van der Waals surface area contributed by atoms with E-state index in [2.05, 4.69) is 186 Å². The van der Waals surface area contributed by atoms with Gasteiger partial charge >= 0.3 is 191 Å². The second-order valence-electron chi connectivity index (χ2n) is 17.4. The van der Waals surface area contributed by atoms with Crippen LogP contribution in [0.2, 0.25) is 36.3 Å². The fourth-order valence-corrected chi connectivity index (χ4v) is 16.8. The molecule has 300 valence electrons. The van der Waals surface area contributed by atoms with E-state index in [0.717, 1.165) is 30.3 Å². The summed E-state index contributed by atoms with van der Waals surface area (Å²) >= 11 is 1.08. The van der Waals surface area contributed by atoms with Crippen molar-refractivity contribution < 1.29 is 48.7 Å². The first kappa shape index (κ1) is 50.1. The summed E-state index contributed by atoms with van der Waals surface area (Å²) in [5.41, 5.74) is 6.08. The Morgan fingerprint density at radius 2 is 1.11 bits per heavy atom. The largest absolute Gasteiger partial charge is 1.00 e. The molecule has 5 aromatic carbocycles. The summed E-state index contributed by atoms with van der Waals surface area (Å²) in [5, 5.41) is 8.85. The van der Waals surface area contributed by atoms with Gasteiger partial charge in [-0.3, -0.25) is 6.08 Å². The zero-order chi connectivity index (χ0) is 39.7. The van der Waals surface area contributed by atoms with Gasteiger partial charge in [0.1, 0.15) is 0 Å². The maximum Gasteiger partial charge on any atom is -0.109 e. The molecule has 56 heavy (non-hydrogen) atoms. The zero-order valence-corrected chi connectivity index (χ0v) is 43.7. The Balaban J connectivity index is 0.000000340. The van der Waals surface area contributed by atoms with Crippen molar-refractivity contribution in [1.29, 1.82) is 0 Å². The van der Waals surface area contributed by atoms with E-state index in [1.807, 2.05) is 12.2 Å². The molecule has 0 atom stereocenters. The second kappa shape index (κ2) is 21.8. The molecule has 0 aromatic heterocycles. The SMILES string of the molecule is CC(C)(C)c1ccc2[cH-]c3c(C(C)(C)C)cccc3c2c1.CC[Si](CC)(CC)c1ccc([C](=[Hf+2])c2ccc([Si](CC)(CC)CC)cc2)cc1.[C-]1=CC=CC1.[Cl-].[Cl-]. The Hall–Kier alpha value is -2.02. The first-order valence-corrected chi connectivity index (χ1v) is 27.8. The van der Waals surface area contributed by atoms with Gasteiger partial charge in [0.15, 0.2) is 0 Å². The summed E-state index contributed by atoms with van der Waals surface area (Å²) in [6.45, 7) is 28.1. The minimum absolute atomic E-state index is 0. The van der Waals surface area contributed by atoms with Crippen molar-refractivity contribution in [3.8, 4) is 0 Å². The molecule has 0 fully saturated rings. The van der Waals surface area contributed by atoms with Crippen LogP contribution in [0.15, 0.2) is 109 Å². The molecular weight excluding hydrogens is 918 g/mol. The summed E-state index contributed by atoms with van der Waals surface area (Å²) in [6.07, 6.45) is 10.0. The van der Waals surface area contributed by atoms with E-state index in [4.69, 9.17) is 0 Å². The fraction of sp³-hybridized carbons (Fsp3) is 0.412. The fourth-order valence-electron chi connectivity index (χ4n) is 8.36. The van der Waals surface area contributed by atoms with Crippen LogP contribution in [0, 0.1) is 6.08 Å².